The van der Waals surface area contributed by atoms with Crippen LogP contribution in [-0.2, 0) is 20.9 Å². The maximum atomic E-state index is 13.6. The van der Waals surface area contributed by atoms with Crippen LogP contribution in [0, 0.1) is 6.92 Å². The molecule has 9 heteroatoms. The number of nitrogens with one attached hydrogen (secondary N) is 1. The van der Waals surface area contributed by atoms with Gasteiger partial charge in [-0.1, -0.05) is 42.0 Å². The lowest BCUT2D eigenvalue weighted by atomic mass is 10.1. The van der Waals surface area contributed by atoms with Crippen LogP contribution < -0.4 is 19.7 Å². The minimum atomic E-state index is -0.917. The normalized spacial score (nSPS) is 13.1. The monoisotopic (exact) mass is 515 g/mol. The van der Waals surface area contributed by atoms with Crippen molar-refractivity contribution < 1.29 is 28.7 Å². The number of anilines is 2. The third kappa shape index (κ3) is 5.36. The molecular weight excluding hydrogens is 486 g/mol. The van der Waals surface area contributed by atoms with Gasteiger partial charge in [0.15, 0.2) is 0 Å². The van der Waals surface area contributed by atoms with E-state index in [1.165, 1.54) is 24.0 Å². The second-order valence-corrected chi connectivity index (χ2v) is 8.98. The molecule has 9 nitrogen and oxygen atoms in total. The molecule has 1 unspecified atom stereocenters. The van der Waals surface area contributed by atoms with E-state index in [9.17, 15) is 19.2 Å². The van der Waals surface area contributed by atoms with Gasteiger partial charge in [0.05, 0.1) is 31.2 Å². The number of ketones is 1. The zero-order valence-corrected chi connectivity index (χ0v) is 21.7. The molecule has 0 fully saturated rings. The molecule has 1 atom stereocenters. The van der Waals surface area contributed by atoms with Crippen LogP contribution >= 0.6 is 0 Å². The Bertz CT molecular complexity index is 1390. The van der Waals surface area contributed by atoms with E-state index in [2.05, 4.69) is 5.32 Å². The van der Waals surface area contributed by atoms with Crippen LogP contribution in [0.5, 0.6) is 11.5 Å². The minimum Gasteiger partial charge on any atom is -0.497 e. The smallest absolute Gasteiger partial charge is 0.299 e. The average Bonchev–Trinajstić information content (AvgIpc) is 3.17. The number of hydrogen-bond donors (Lipinski definition) is 1. The molecule has 0 aromatic heterocycles. The number of para-hydroxylation sites is 1. The first-order valence-corrected chi connectivity index (χ1v) is 12.1. The minimum absolute atomic E-state index is 0.130. The zero-order chi connectivity index (χ0) is 27.4. The highest BCUT2D eigenvalue weighted by Crippen LogP contribution is 2.30. The summed E-state index contributed by atoms with van der Waals surface area (Å²) >= 11 is 0. The fraction of sp³-hybridized carbons (Fsp3) is 0.241. The number of aryl methyl sites for hydroxylation is 1. The van der Waals surface area contributed by atoms with Gasteiger partial charge in [0.1, 0.15) is 24.1 Å². The number of nitrogens with zero attached hydrogens (tertiary/aromatic N) is 2. The summed E-state index contributed by atoms with van der Waals surface area (Å²) in [5, 5.41) is 2.82. The highest BCUT2D eigenvalue weighted by atomic mass is 16.5. The molecule has 3 aromatic carbocycles. The van der Waals surface area contributed by atoms with Gasteiger partial charge >= 0.3 is 0 Å². The van der Waals surface area contributed by atoms with E-state index in [4.69, 9.17) is 9.47 Å². The van der Waals surface area contributed by atoms with E-state index in [1.54, 1.807) is 49.4 Å². The molecule has 0 spiro atoms. The fourth-order valence-electron chi connectivity index (χ4n) is 4.24. The molecule has 0 saturated carbocycles. The molecule has 0 aliphatic carbocycles. The number of hydrogen-bond acceptors (Lipinski definition) is 6. The number of methoxy groups -OCH3 is 2. The molecule has 3 aromatic rings. The third-order valence-electron chi connectivity index (χ3n) is 6.48. The maximum absolute atomic E-state index is 13.6. The second-order valence-electron chi connectivity index (χ2n) is 8.98. The van der Waals surface area contributed by atoms with E-state index in [1.807, 2.05) is 31.2 Å². The van der Waals surface area contributed by atoms with E-state index >= 15 is 0 Å². The summed E-state index contributed by atoms with van der Waals surface area (Å²) in [6.45, 7) is 3.32. The molecule has 1 N–H and O–H groups in total. The van der Waals surface area contributed by atoms with Crippen LogP contribution in [0.25, 0.3) is 0 Å². The number of benzene rings is 3. The average molecular weight is 516 g/mol. The van der Waals surface area contributed by atoms with Crippen molar-refractivity contribution in [2.75, 3.05) is 31.0 Å². The Morgan fingerprint density at radius 2 is 1.68 bits per heavy atom. The molecule has 196 valence electrons. The number of rotatable bonds is 9. The van der Waals surface area contributed by atoms with Crippen LogP contribution in [0.1, 0.15) is 28.4 Å². The number of carbonyl (C=O) groups excluding carboxylic acids is 4. The van der Waals surface area contributed by atoms with Gasteiger partial charge < -0.3 is 19.7 Å². The van der Waals surface area contributed by atoms with Gasteiger partial charge in [-0.25, -0.2) is 0 Å². The van der Waals surface area contributed by atoms with Crippen molar-refractivity contribution in [1.82, 2.24) is 4.90 Å². The van der Waals surface area contributed by atoms with Crippen LogP contribution in [0.15, 0.2) is 66.7 Å². The van der Waals surface area contributed by atoms with E-state index in [0.717, 1.165) is 11.1 Å². The Hall–Kier alpha value is -4.66. The lowest BCUT2D eigenvalue weighted by molar-refractivity contribution is -0.138. The van der Waals surface area contributed by atoms with Crippen molar-refractivity contribution in [1.29, 1.82) is 0 Å². The third-order valence-corrected chi connectivity index (χ3v) is 6.48. The Kier molecular flexibility index (Phi) is 7.76. The largest absolute Gasteiger partial charge is 0.497 e. The van der Waals surface area contributed by atoms with Gasteiger partial charge in [-0.3, -0.25) is 24.1 Å². The molecule has 1 aliphatic heterocycles. The molecule has 38 heavy (non-hydrogen) atoms. The highest BCUT2D eigenvalue weighted by molar-refractivity contribution is 6.52. The predicted molar refractivity (Wildman–Crippen MR) is 142 cm³/mol. The zero-order valence-electron chi connectivity index (χ0n) is 21.7. The standard InChI is InChI=1S/C29H29N3O6/c1-18-9-11-20(12-10-18)16-31(19(2)28(35)30-23-14-13-21(37-3)15-25(23)38-4)26(33)17-32-24-8-6-5-7-22(24)27(34)29(32)36/h5-15,19H,16-17H2,1-4H3,(H,30,35). The van der Waals surface area contributed by atoms with Crippen molar-refractivity contribution in [3.05, 3.63) is 83.4 Å². The van der Waals surface area contributed by atoms with Crippen molar-refractivity contribution in [2.45, 2.75) is 26.4 Å². The van der Waals surface area contributed by atoms with Gasteiger partial charge in [0.25, 0.3) is 11.7 Å². The first kappa shape index (κ1) is 26.4. The summed E-state index contributed by atoms with van der Waals surface area (Å²) in [6, 6.07) is 18.2. The van der Waals surface area contributed by atoms with Crippen LogP contribution in [0.2, 0.25) is 0 Å². The number of fused-ring (bicyclic) bond motifs is 1. The molecule has 3 amide bonds. The Balaban J connectivity index is 1.60. The Morgan fingerprint density at radius 1 is 0.974 bits per heavy atom. The number of amides is 3. The summed E-state index contributed by atoms with van der Waals surface area (Å²) in [6.07, 6.45) is 0. The van der Waals surface area contributed by atoms with E-state index in [-0.39, 0.29) is 18.7 Å². The molecule has 0 bridgehead atoms. The SMILES string of the molecule is COc1ccc(NC(=O)C(C)N(Cc2ccc(C)cc2)C(=O)CN2C(=O)C(=O)c3ccccc32)c(OC)c1. The first-order valence-electron chi connectivity index (χ1n) is 12.1. The molecular formula is C29H29N3O6. The summed E-state index contributed by atoms with van der Waals surface area (Å²) in [7, 11) is 3.01. The number of carbonyl (C=O) groups is 4. The Morgan fingerprint density at radius 3 is 2.37 bits per heavy atom. The van der Waals surface area contributed by atoms with Crippen molar-refractivity contribution in [2.24, 2.45) is 0 Å². The molecule has 1 aliphatic rings. The second kappa shape index (κ2) is 11.2. The molecule has 1 heterocycles. The first-order chi connectivity index (χ1) is 18.2. The Labute approximate surface area is 220 Å². The van der Waals surface area contributed by atoms with Gasteiger partial charge in [-0.05, 0) is 43.7 Å². The molecule has 4 rings (SSSR count). The van der Waals surface area contributed by atoms with Gasteiger partial charge in [-0.2, -0.15) is 0 Å². The predicted octanol–water partition coefficient (Wildman–Crippen LogP) is 3.60. The highest BCUT2D eigenvalue weighted by Gasteiger charge is 2.38. The van der Waals surface area contributed by atoms with Crippen molar-refractivity contribution in [3.63, 3.8) is 0 Å². The lowest BCUT2D eigenvalue weighted by Gasteiger charge is -2.30. The maximum Gasteiger partial charge on any atom is 0.299 e. The number of Topliss-reactive ketones (excluding diaryl/α,β-unsaturated/α-hetero) is 1. The van der Waals surface area contributed by atoms with E-state index in [0.29, 0.717) is 22.9 Å². The fourth-order valence-corrected chi connectivity index (χ4v) is 4.24. The van der Waals surface area contributed by atoms with Gasteiger partial charge in [-0.15, -0.1) is 0 Å². The summed E-state index contributed by atoms with van der Waals surface area (Å²) in [5.74, 6) is -1.38. The van der Waals surface area contributed by atoms with Crippen molar-refractivity contribution in [3.8, 4) is 11.5 Å². The molecule has 0 saturated heterocycles. The number of ether oxygens (including phenoxy) is 2. The summed E-state index contributed by atoms with van der Waals surface area (Å²) in [4.78, 5) is 54.7. The van der Waals surface area contributed by atoms with Gasteiger partial charge in [0, 0.05) is 12.6 Å². The van der Waals surface area contributed by atoms with Crippen LogP contribution in [-0.4, -0.2) is 55.2 Å². The topological polar surface area (TPSA) is 105 Å². The quantitative estimate of drug-likeness (QED) is 0.437. The van der Waals surface area contributed by atoms with Gasteiger partial charge in [0.2, 0.25) is 11.8 Å². The van der Waals surface area contributed by atoms with Crippen LogP contribution in [0.3, 0.4) is 0 Å². The molecule has 0 radical (unpaired) electrons. The van der Waals surface area contributed by atoms with Crippen LogP contribution in [0.4, 0.5) is 11.4 Å². The van der Waals surface area contributed by atoms with E-state index < -0.39 is 29.5 Å². The summed E-state index contributed by atoms with van der Waals surface area (Å²) in [5.41, 5.74) is 2.93. The summed E-state index contributed by atoms with van der Waals surface area (Å²) < 4.78 is 10.6. The lowest BCUT2D eigenvalue weighted by Crippen LogP contribution is -2.49. The van der Waals surface area contributed by atoms with Crippen molar-refractivity contribution >= 4 is 34.9 Å².